The Bertz CT molecular complexity index is 983. The summed E-state index contributed by atoms with van der Waals surface area (Å²) < 4.78 is 0. The monoisotopic (exact) mass is 407 g/mol. The number of para-hydroxylation sites is 2. The number of nitrogens with one attached hydrogen (secondary N) is 2. The van der Waals surface area contributed by atoms with Crippen LogP contribution in [-0.2, 0) is 13.1 Å². The SMILES string of the molecule is O=[N+]([O-])c1ccc(C2[NH+](Cc3ccccc3O)CC[NH+]2Cc2ccccc2O)cc1. The number of benzene rings is 3. The van der Waals surface area contributed by atoms with E-state index < -0.39 is 4.92 Å². The van der Waals surface area contributed by atoms with Crippen LogP contribution in [0.2, 0.25) is 0 Å². The van der Waals surface area contributed by atoms with Crippen molar-refractivity contribution in [1.29, 1.82) is 0 Å². The number of nitrogens with zero attached hydrogens (tertiary/aromatic N) is 1. The first-order chi connectivity index (χ1) is 14.5. The van der Waals surface area contributed by atoms with Crippen molar-refractivity contribution < 1.29 is 24.9 Å². The van der Waals surface area contributed by atoms with E-state index in [0.717, 1.165) is 29.8 Å². The average Bonchev–Trinajstić information content (AvgIpc) is 3.13. The molecule has 2 unspecified atom stereocenters. The molecule has 30 heavy (non-hydrogen) atoms. The molecule has 4 rings (SSSR count). The fourth-order valence-electron chi connectivity index (χ4n) is 4.35. The fraction of sp³-hybridized carbons (Fsp3) is 0.217. The van der Waals surface area contributed by atoms with Crippen molar-refractivity contribution in [1.82, 2.24) is 0 Å². The number of phenols is 2. The van der Waals surface area contributed by atoms with Gasteiger partial charge in [-0.15, -0.1) is 0 Å². The molecular formula is C23H25N3O4+2. The number of non-ortho nitro benzene ring substituents is 1. The van der Waals surface area contributed by atoms with Crippen molar-refractivity contribution in [2.75, 3.05) is 13.1 Å². The summed E-state index contributed by atoms with van der Waals surface area (Å²) in [5, 5.41) is 31.5. The Kier molecular flexibility index (Phi) is 5.65. The second-order valence-corrected chi connectivity index (χ2v) is 7.71. The lowest BCUT2D eigenvalue weighted by atomic mass is 10.1. The minimum atomic E-state index is -0.391. The molecule has 1 heterocycles. The Hall–Kier alpha value is -3.42. The summed E-state index contributed by atoms with van der Waals surface area (Å²) >= 11 is 0. The van der Waals surface area contributed by atoms with Crippen LogP contribution in [0.5, 0.6) is 11.5 Å². The van der Waals surface area contributed by atoms with E-state index in [4.69, 9.17) is 0 Å². The van der Waals surface area contributed by atoms with Gasteiger partial charge in [0.25, 0.3) is 5.69 Å². The van der Waals surface area contributed by atoms with Gasteiger partial charge >= 0.3 is 0 Å². The van der Waals surface area contributed by atoms with Gasteiger partial charge in [0.05, 0.1) is 10.5 Å². The average molecular weight is 407 g/mol. The summed E-state index contributed by atoms with van der Waals surface area (Å²) in [5.74, 6) is 0.559. The number of quaternary nitrogens is 2. The molecule has 0 saturated carbocycles. The van der Waals surface area contributed by atoms with Crippen molar-refractivity contribution in [3.63, 3.8) is 0 Å². The minimum Gasteiger partial charge on any atom is -0.507 e. The molecule has 3 aromatic rings. The van der Waals surface area contributed by atoms with E-state index in [9.17, 15) is 20.3 Å². The smallest absolute Gasteiger partial charge is 0.269 e. The molecule has 0 amide bonds. The summed E-state index contributed by atoms with van der Waals surface area (Å²) in [6.07, 6.45) is 0.0324. The molecule has 1 saturated heterocycles. The zero-order chi connectivity index (χ0) is 21.1. The van der Waals surface area contributed by atoms with E-state index in [2.05, 4.69) is 0 Å². The molecule has 7 heteroatoms. The van der Waals surface area contributed by atoms with Crippen molar-refractivity contribution in [3.05, 3.63) is 99.6 Å². The Morgan fingerprint density at radius 1 is 0.800 bits per heavy atom. The molecule has 0 spiro atoms. The first kappa shape index (κ1) is 19.9. The Morgan fingerprint density at radius 2 is 1.27 bits per heavy atom. The van der Waals surface area contributed by atoms with Crippen molar-refractivity contribution >= 4 is 5.69 Å². The lowest BCUT2D eigenvalue weighted by Crippen LogP contribution is -3.22. The number of hydrogen-bond acceptors (Lipinski definition) is 4. The molecular weight excluding hydrogens is 382 g/mol. The van der Waals surface area contributed by atoms with Crippen LogP contribution in [0.15, 0.2) is 72.8 Å². The third-order valence-electron chi connectivity index (χ3n) is 5.84. The molecule has 0 radical (unpaired) electrons. The maximum Gasteiger partial charge on any atom is 0.269 e. The van der Waals surface area contributed by atoms with Gasteiger partial charge < -0.3 is 10.2 Å². The standard InChI is InChI=1S/C23H23N3O4/c27-21-7-3-1-5-18(21)15-24-13-14-25(16-19-6-2-4-8-22(19)28)23(24)17-9-11-20(12-10-17)26(29)30/h1-12,23,27-28H,13-16H2/p+2. The predicted octanol–water partition coefficient (Wildman–Crippen LogP) is 1.19. The van der Waals surface area contributed by atoms with Crippen LogP contribution in [0.3, 0.4) is 0 Å². The highest BCUT2D eigenvalue weighted by molar-refractivity contribution is 5.34. The molecule has 4 N–H and O–H groups in total. The molecule has 3 aromatic carbocycles. The molecule has 2 atom stereocenters. The van der Waals surface area contributed by atoms with Crippen LogP contribution >= 0.6 is 0 Å². The van der Waals surface area contributed by atoms with E-state index in [1.165, 1.54) is 9.80 Å². The normalized spacial score (nSPS) is 20.9. The van der Waals surface area contributed by atoms with Crippen molar-refractivity contribution in [2.45, 2.75) is 19.3 Å². The van der Waals surface area contributed by atoms with Gasteiger partial charge in [0.15, 0.2) is 0 Å². The second-order valence-electron chi connectivity index (χ2n) is 7.71. The quantitative estimate of drug-likeness (QED) is 0.365. The first-order valence-corrected chi connectivity index (χ1v) is 10.00. The van der Waals surface area contributed by atoms with Crippen molar-refractivity contribution in [2.24, 2.45) is 0 Å². The number of aromatic hydroxyl groups is 2. The van der Waals surface area contributed by atoms with Gasteiger partial charge in [-0.1, -0.05) is 24.3 Å². The van der Waals surface area contributed by atoms with Crippen LogP contribution in [0.4, 0.5) is 5.69 Å². The summed E-state index contributed by atoms with van der Waals surface area (Å²) in [4.78, 5) is 13.2. The Balaban J connectivity index is 1.65. The van der Waals surface area contributed by atoms with Gasteiger partial charge in [-0.25, -0.2) is 0 Å². The molecule has 154 valence electrons. The van der Waals surface area contributed by atoms with Gasteiger partial charge in [-0.05, 0) is 36.4 Å². The van der Waals surface area contributed by atoms with Gasteiger partial charge in [-0.3, -0.25) is 19.9 Å². The maximum atomic E-state index is 11.1. The Morgan fingerprint density at radius 3 is 1.70 bits per heavy atom. The van der Waals surface area contributed by atoms with E-state index in [0.29, 0.717) is 13.1 Å². The summed E-state index contributed by atoms with van der Waals surface area (Å²) in [6.45, 7) is 3.08. The van der Waals surface area contributed by atoms with Crippen LogP contribution in [0, 0.1) is 10.1 Å². The van der Waals surface area contributed by atoms with E-state index >= 15 is 0 Å². The van der Waals surface area contributed by atoms with E-state index in [-0.39, 0.29) is 23.4 Å². The highest BCUT2D eigenvalue weighted by atomic mass is 16.6. The van der Waals surface area contributed by atoms with Crippen LogP contribution in [0.25, 0.3) is 0 Å². The zero-order valence-corrected chi connectivity index (χ0v) is 16.5. The number of hydrogen-bond donors (Lipinski definition) is 4. The van der Waals surface area contributed by atoms with Crippen LogP contribution in [-0.4, -0.2) is 28.2 Å². The van der Waals surface area contributed by atoms with Gasteiger partial charge in [0.1, 0.15) is 37.7 Å². The van der Waals surface area contributed by atoms with Gasteiger partial charge in [0.2, 0.25) is 6.17 Å². The first-order valence-electron chi connectivity index (χ1n) is 10.00. The molecule has 7 nitrogen and oxygen atoms in total. The van der Waals surface area contributed by atoms with Gasteiger partial charge in [0, 0.05) is 23.3 Å². The van der Waals surface area contributed by atoms with Crippen LogP contribution < -0.4 is 9.80 Å². The minimum absolute atomic E-state index is 0.0324. The van der Waals surface area contributed by atoms with Crippen LogP contribution in [0.1, 0.15) is 22.9 Å². The lowest BCUT2D eigenvalue weighted by Gasteiger charge is -2.25. The summed E-state index contributed by atoms with van der Waals surface area (Å²) in [6, 6.07) is 21.4. The third kappa shape index (κ3) is 4.12. The number of rotatable bonds is 6. The zero-order valence-electron chi connectivity index (χ0n) is 16.5. The summed E-state index contributed by atoms with van der Waals surface area (Å²) in [5.41, 5.74) is 2.83. The Labute approximate surface area is 174 Å². The molecule has 1 aliphatic heterocycles. The number of phenolic OH excluding ortho intramolecular Hbond substituents is 2. The van der Waals surface area contributed by atoms with E-state index in [1.54, 1.807) is 24.3 Å². The maximum absolute atomic E-state index is 11.1. The predicted molar refractivity (Wildman–Crippen MR) is 111 cm³/mol. The van der Waals surface area contributed by atoms with Crippen molar-refractivity contribution in [3.8, 4) is 11.5 Å². The highest BCUT2D eigenvalue weighted by Crippen LogP contribution is 2.19. The molecule has 0 aliphatic carbocycles. The molecule has 1 fully saturated rings. The van der Waals surface area contributed by atoms with E-state index in [1.807, 2.05) is 48.5 Å². The fourth-order valence-corrected chi connectivity index (χ4v) is 4.35. The lowest BCUT2D eigenvalue weighted by molar-refractivity contribution is -1.09. The highest BCUT2D eigenvalue weighted by Gasteiger charge is 2.41. The number of nitro benzene ring substituents is 1. The topological polar surface area (TPSA) is 92.5 Å². The second kappa shape index (κ2) is 8.52. The largest absolute Gasteiger partial charge is 0.507 e. The van der Waals surface area contributed by atoms with Gasteiger partial charge in [-0.2, -0.15) is 0 Å². The summed E-state index contributed by atoms with van der Waals surface area (Å²) in [7, 11) is 0. The third-order valence-corrected chi connectivity index (χ3v) is 5.84. The molecule has 0 bridgehead atoms. The molecule has 0 aromatic heterocycles. The number of nitro groups is 1. The molecule has 1 aliphatic rings.